The zero-order valence-corrected chi connectivity index (χ0v) is 28.9. The fourth-order valence-corrected chi connectivity index (χ4v) is 4.70. The molecule has 4 aromatic carbocycles. The molecule has 0 saturated carbocycles. The molecule has 0 unspecified atom stereocenters. The average Bonchev–Trinajstić information content (AvgIpc) is 2.96. The third-order valence-corrected chi connectivity index (χ3v) is 7.37. The number of rotatable bonds is 4. The largest absolute Gasteiger partial charge is 0.411 e. The van der Waals surface area contributed by atoms with Gasteiger partial charge in [0.1, 0.15) is 0 Å². The molecule has 0 atom stereocenters. The predicted molar refractivity (Wildman–Crippen MR) is 195 cm³/mol. The van der Waals surface area contributed by atoms with E-state index in [-0.39, 0.29) is 20.3 Å². The van der Waals surface area contributed by atoms with Crippen LogP contribution in [0.4, 0.5) is 26.3 Å². The van der Waals surface area contributed by atoms with Crippen LogP contribution in [-0.2, 0) is 10.8 Å². The minimum Gasteiger partial charge on any atom is -0.169 e. The van der Waals surface area contributed by atoms with E-state index in [0.29, 0.717) is 11.1 Å². The molecule has 0 amide bonds. The highest BCUT2D eigenvalue weighted by Gasteiger charge is 2.72. The summed E-state index contributed by atoms with van der Waals surface area (Å²) in [6.45, 7) is 20.5. The zero-order valence-electron chi connectivity index (χ0n) is 28.9. The molecule has 0 saturated heterocycles. The summed E-state index contributed by atoms with van der Waals surface area (Å²) in [5.41, 5.74) is 0.856. The molecule has 0 N–H and O–H groups in total. The quantitative estimate of drug-likeness (QED) is 0.189. The van der Waals surface area contributed by atoms with Crippen LogP contribution in [-0.4, -0.2) is 12.4 Å². The lowest BCUT2D eigenvalue weighted by Gasteiger charge is -2.38. The summed E-state index contributed by atoms with van der Waals surface area (Å²) in [7, 11) is 0. The van der Waals surface area contributed by atoms with Crippen LogP contribution in [0.15, 0.2) is 97.1 Å². The Labute approximate surface area is 287 Å². The normalized spacial score (nSPS) is 11.2. The highest BCUT2D eigenvalue weighted by atomic mass is 19.4. The minimum absolute atomic E-state index is 0. The number of benzene rings is 4. The molecule has 0 spiro atoms. The van der Waals surface area contributed by atoms with Crippen LogP contribution >= 0.6 is 0 Å². The second-order valence-electron chi connectivity index (χ2n) is 12.2. The summed E-state index contributed by atoms with van der Waals surface area (Å²) in [4.78, 5) is 0. The van der Waals surface area contributed by atoms with E-state index < -0.39 is 28.9 Å². The number of aryl methyl sites for hydroxylation is 4. The molecular weight excluding hydrogens is 618 g/mol. The number of alkyl halides is 6. The molecule has 0 fully saturated rings. The van der Waals surface area contributed by atoms with Crippen molar-refractivity contribution in [3.63, 3.8) is 0 Å². The molecule has 4 aromatic rings. The molecule has 48 heavy (non-hydrogen) atoms. The van der Waals surface area contributed by atoms with Crippen LogP contribution in [0.2, 0.25) is 0 Å². The maximum absolute atomic E-state index is 13.7. The SMILES string of the molecule is C.C.CCC.CCC.Cc1ccc(C(C)(C)c2ccc(C)cc2)cc1.Cc1ccc(C(c2ccc(C)cc2)(C(F)(F)F)C(F)(F)F)cc1. The fraction of sp³-hybridized carbons (Fsp3) is 0.429. The van der Waals surface area contributed by atoms with Gasteiger partial charge in [-0.05, 0) is 49.9 Å². The van der Waals surface area contributed by atoms with Gasteiger partial charge in [0.2, 0.25) is 5.41 Å². The zero-order chi connectivity index (χ0) is 35.3. The van der Waals surface area contributed by atoms with E-state index in [2.05, 4.69) is 104 Å². The van der Waals surface area contributed by atoms with Crippen molar-refractivity contribution >= 4 is 0 Å². The minimum atomic E-state index is -5.53. The second-order valence-corrected chi connectivity index (χ2v) is 12.2. The van der Waals surface area contributed by atoms with Crippen molar-refractivity contribution in [2.75, 3.05) is 0 Å². The highest BCUT2D eigenvalue weighted by Crippen LogP contribution is 2.56. The van der Waals surface area contributed by atoms with Crippen molar-refractivity contribution in [2.45, 2.75) is 120 Å². The van der Waals surface area contributed by atoms with Crippen molar-refractivity contribution in [3.05, 3.63) is 142 Å². The number of hydrogen-bond acceptors (Lipinski definition) is 0. The Morgan fingerprint density at radius 3 is 0.708 bits per heavy atom. The molecule has 0 radical (unpaired) electrons. The van der Waals surface area contributed by atoms with Crippen molar-refractivity contribution < 1.29 is 26.3 Å². The Balaban J connectivity index is 0. The third kappa shape index (κ3) is 11.9. The van der Waals surface area contributed by atoms with Crippen molar-refractivity contribution in [1.82, 2.24) is 0 Å². The summed E-state index contributed by atoms with van der Waals surface area (Å²) in [6, 6.07) is 26.2. The van der Waals surface area contributed by atoms with E-state index in [9.17, 15) is 26.3 Å². The van der Waals surface area contributed by atoms with Gasteiger partial charge in [0, 0.05) is 5.41 Å². The van der Waals surface area contributed by atoms with Crippen molar-refractivity contribution in [3.8, 4) is 0 Å². The first-order valence-corrected chi connectivity index (χ1v) is 15.7. The molecule has 0 aliphatic heterocycles. The summed E-state index contributed by atoms with van der Waals surface area (Å²) < 4.78 is 82.3. The molecule has 0 nitrogen and oxygen atoms in total. The van der Waals surface area contributed by atoms with Gasteiger partial charge in [0.15, 0.2) is 0 Å². The van der Waals surface area contributed by atoms with E-state index in [1.54, 1.807) is 13.8 Å². The summed E-state index contributed by atoms with van der Waals surface area (Å²) >= 11 is 0. The Hall–Kier alpha value is -3.54. The summed E-state index contributed by atoms with van der Waals surface area (Å²) in [6.07, 6.45) is -8.56. The standard InChI is InChI=1S/C17H14F6.C17H20.2C3H8.2CH4/c1-11-3-7-13(8-4-11)15(16(18,19)20,17(21,22)23)14-9-5-12(2)6-10-14;1-13-5-9-15(10-6-13)17(3,4)16-11-7-14(2)8-12-16;2*1-3-2;;/h3-10H,1-2H3;5-12H,1-4H3;2*3H2,1-2H3;2*1H4. The van der Waals surface area contributed by atoms with Gasteiger partial charge in [-0.15, -0.1) is 0 Å². The summed E-state index contributed by atoms with van der Waals surface area (Å²) in [5, 5.41) is 0. The smallest absolute Gasteiger partial charge is 0.169 e. The lowest BCUT2D eigenvalue weighted by Crippen LogP contribution is -2.54. The molecule has 4 rings (SSSR count). The second kappa shape index (κ2) is 20.1. The van der Waals surface area contributed by atoms with Gasteiger partial charge in [-0.25, -0.2) is 0 Å². The molecule has 6 heteroatoms. The molecule has 0 aromatic heterocycles. The first-order valence-electron chi connectivity index (χ1n) is 15.7. The first kappa shape index (κ1) is 46.6. The van der Waals surface area contributed by atoms with Crippen LogP contribution < -0.4 is 0 Å². The van der Waals surface area contributed by atoms with Crippen molar-refractivity contribution in [1.29, 1.82) is 0 Å². The summed E-state index contributed by atoms with van der Waals surface area (Å²) in [5.74, 6) is 0. The van der Waals surface area contributed by atoms with E-state index >= 15 is 0 Å². The molecule has 0 bridgehead atoms. The van der Waals surface area contributed by atoms with E-state index in [4.69, 9.17) is 0 Å². The monoisotopic (exact) mass is 676 g/mol. The lowest BCUT2D eigenvalue weighted by molar-refractivity contribution is -0.288. The Kier molecular flexibility index (Phi) is 19.5. The van der Waals surface area contributed by atoms with E-state index in [1.807, 2.05) is 0 Å². The van der Waals surface area contributed by atoms with E-state index in [0.717, 1.165) is 24.3 Å². The molecule has 0 aliphatic carbocycles. The maximum Gasteiger partial charge on any atom is 0.411 e. The van der Waals surface area contributed by atoms with Crippen LogP contribution in [0.1, 0.15) is 114 Å². The van der Waals surface area contributed by atoms with Crippen molar-refractivity contribution in [2.24, 2.45) is 0 Å². The molecule has 268 valence electrons. The highest BCUT2D eigenvalue weighted by molar-refractivity contribution is 5.45. The Bertz CT molecular complexity index is 1300. The van der Waals surface area contributed by atoms with Crippen LogP contribution in [0.3, 0.4) is 0 Å². The van der Waals surface area contributed by atoms with Gasteiger partial charge in [0.05, 0.1) is 0 Å². The van der Waals surface area contributed by atoms with Gasteiger partial charge in [-0.2, -0.15) is 26.3 Å². The third-order valence-electron chi connectivity index (χ3n) is 7.37. The lowest BCUT2D eigenvalue weighted by atomic mass is 9.72. The first-order chi connectivity index (χ1) is 21.3. The van der Waals surface area contributed by atoms with Gasteiger partial charge in [-0.3, -0.25) is 0 Å². The van der Waals surface area contributed by atoms with Crippen LogP contribution in [0.5, 0.6) is 0 Å². The van der Waals surface area contributed by atoms with Gasteiger partial charge in [0.25, 0.3) is 0 Å². The Morgan fingerprint density at radius 2 is 0.542 bits per heavy atom. The van der Waals surface area contributed by atoms with Gasteiger partial charge >= 0.3 is 12.4 Å². The van der Waals surface area contributed by atoms with Gasteiger partial charge < -0.3 is 0 Å². The number of hydrogen-bond donors (Lipinski definition) is 0. The molecular formula is C42H58F6. The number of halogens is 6. The van der Waals surface area contributed by atoms with E-state index in [1.165, 1.54) is 59.4 Å². The average molecular weight is 677 g/mol. The predicted octanol–water partition coefficient (Wildman–Crippen LogP) is 14.4. The maximum atomic E-state index is 13.7. The molecule has 0 aliphatic rings. The van der Waals surface area contributed by atoms with Gasteiger partial charge in [-0.1, -0.05) is 189 Å². The fourth-order valence-electron chi connectivity index (χ4n) is 4.70. The molecule has 0 heterocycles. The van der Waals surface area contributed by atoms with Crippen LogP contribution in [0.25, 0.3) is 0 Å². The topological polar surface area (TPSA) is 0 Å². The van der Waals surface area contributed by atoms with Crippen LogP contribution in [0, 0.1) is 27.7 Å². The Morgan fingerprint density at radius 1 is 0.375 bits per heavy atom.